The number of methoxy groups -OCH3 is 1. The molecular weight excluding hydrogens is 414 g/mol. The number of amides is 1. The van der Waals surface area contributed by atoms with Crippen molar-refractivity contribution in [2.75, 3.05) is 38.4 Å². The lowest BCUT2D eigenvalue weighted by atomic mass is 9.99. The molecule has 0 aliphatic carbocycles. The van der Waals surface area contributed by atoms with Gasteiger partial charge in [-0.2, -0.15) is 0 Å². The first-order valence-corrected chi connectivity index (χ1v) is 10.8. The molecule has 0 unspecified atom stereocenters. The number of hydrogen-bond acceptors (Lipinski definition) is 5. The molecule has 0 fully saturated rings. The number of nitrogens with one attached hydrogen (secondary N) is 2. The van der Waals surface area contributed by atoms with Crippen LogP contribution in [-0.2, 0) is 16.0 Å². The summed E-state index contributed by atoms with van der Waals surface area (Å²) in [4.78, 5) is 27.1. The van der Waals surface area contributed by atoms with E-state index in [4.69, 9.17) is 4.74 Å². The number of rotatable bonds is 7. The number of ether oxygens (including phenoxy) is 1. The maximum atomic E-state index is 13.1. The van der Waals surface area contributed by atoms with Crippen LogP contribution in [0.1, 0.15) is 27.0 Å². The van der Waals surface area contributed by atoms with Crippen molar-refractivity contribution >= 4 is 34.5 Å². The number of hydrogen-bond donors (Lipinski definition) is 2. The molecule has 6 heteroatoms. The SMILES string of the molecule is COC(=O)c1ccc2c(c1)NC(=O)C2=C(Nc1ccc(CCN(C)C)cc1)c1ccccc1. The van der Waals surface area contributed by atoms with E-state index in [2.05, 4.69) is 41.8 Å². The molecule has 2 N–H and O–H groups in total. The molecule has 3 aromatic rings. The van der Waals surface area contributed by atoms with Crippen LogP contribution < -0.4 is 10.6 Å². The first-order valence-electron chi connectivity index (χ1n) is 10.8. The highest BCUT2D eigenvalue weighted by molar-refractivity contribution is 6.37. The fraction of sp³-hybridized carbons (Fsp3) is 0.185. The molecule has 168 valence electrons. The van der Waals surface area contributed by atoms with Crippen molar-refractivity contribution in [1.82, 2.24) is 4.90 Å². The Morgan fingerprint density at radius 1 is 0.970 bits per heavy atom. The number of anilines is 2. The molecule has 1 amide bonds. The van der Waals surface area contributed by atoms with Crippen LogP contribution >= 0.6 is 0 Å². The Kier molecular flexibility index (Phi) is 6.56. The highest BCUT2D eigenvalue weighted by atomic mass is 16.5. The van der Waals surface area contributed by atoms with E-state index in [1.807, 2.05) is 42.5 Å². The summed E-state index contributed by atoms with van der Waals surface area (Å²) < 4.78 is 4.81. The van der Waals surface area contributed by atoms with Crippen molar-refractivity contribution in [1.29, 1.82) is 0 Å². The van der Waals surface area contributed by atoms with E-state index < -0.39 is 5.97 Å². The van der Waals surface area contributed by atoms with E-state index in [1.54, 1.807) is 18.2 Å². The highest BCUT2D eigenvalue weighted by Crippen LogP contribution is 2.38. The predicted octanol–water partition coefficient (Wildman–Crippen LogP) is 4.51. The summed E-state index contributed by atoms with van der Waals surface area (Å²) in [5.41, 5.74) is 5.99. The minimum absolute atomic E-state index is 0.221. The zero-order valence-corrected chi connectivity index (χ0v) is 19.0. The molecule has 0 spiro atoms. The van der Waals surface area contributed by atoms with Gasteiger partial charge in [-0.3, -0.25) is 4.79 Å². The van der Waals surface area contributed by atoms with Gasteiger partial charge < -0.3 is 20.3 Å². The molecule has 33 heavy (non-hydrogen) atoms. The molecule has 1 aliphatic heterocycles. The molecule has 0 saturated heterocycles. The van der Waals surface area contributed by atoms with Crippen molar-refractivity contribution in [2.24, 2.45) is 0 Å². The third-order valence-electron chi connectivity index (χ3n) is 5.57. The fourth-order valence-corrected chi connectivity index (χ4v) is 3.80. The lowest BCUT2D eigenvalue weighted by Crippen LogP contribution is -2.15. The van der Waals surface area contributed by atoms with Crippen LogP contribution in [0.25, 0.3) is 11.3 Å². The average molecular weight is 442 g/mol. The smallest absolute Gasteiger partial charge is 0.337 e. The molecule has 0 bridgehead atoms. The molecule has 1 aliphatic rings. The summed E-state index contributed by atoms with van der Waals surface area (Å²) in [6.07, 6.45) is 0.970. The highest BCUT2D eigenvalue weighted by Gasteiger charge is 2.29. The molecule has 0 atom stereocenters. The van der Waals surface area contributed by atoms with Crippen LogP contribution in [0.2, 0.25) is 0 Å². The Labute approximate surface area is 193 Å². The molecule has 4 rings (SSSR count). The van der Waals surface area contributed by atoms with Gasteiger partial charge in [0.15, 0.2) is 0 Å². The number of carbonyl (C=O) groups is 2. The Morgan fingerprint density at radius 3 is 2.36 bits per heavy atom. The van der Waals surface area contributed by atoms with Crippen LogP contribution in [0.4, 0.5) is 11.4 Å². The number of carbonyl (C=O) groups excluding carboxylic acids is 2. The summed E-state index contributed by atoms with van der Waals surface area (Å²) in [5.74, 6) is -0.666. The predicted molar refractivity (Wildman–Crippen MR) is 132 cm³/mol. The Balaban J connectivity index is 1.73. The van der Waals surface area contributed by atoms with Crippen LogP contribution in [0, 0.1) is 0 Å². The number of nitrogens with zero attached hydrogens (tertiary/aromatic N) is 1. The molecule has 3 aromatic carbocycles. The largest absolute Gasteiger partial charge is 0.465 e. The van der Waals surface area contributed by atoms with Crippen molar-refractivity contribution in [3.63, 3.8) is 0 Å². The summed E-state index contributed by atoms with van der Waals surface area (Å²) in [6.45, 7) is 0.983. The number of likely N-dealkylation sites (N-methyl/N-ethyl adjacent to an activating group) is 1. The minimum Gasteiger partial charge on any atom is -0.465 e. The van der Waals surface area contributed by atoms with Gasteiger partial charge in [0.2, 0.25) is 0 Å². The monoisotopic (exact) mass is 441 g/mol. The first kappa shape index (κ1) is 22.3. The minimum atomic E-state index is -0.444. The Hall–Kier alpha value is -3.90. The molecule has 0 saturated carbocycles. The quantitative estimate of drug-likeness (QED) is 0.417. The Morgan fingerprint density at radius 2 is 1.70 bits per heavy atom. The van der Waals surface area contributed by atoms with Crippen LogP contribution in [0.5, 0.6) is 0 Å². The second-order valence-corrected chi connectivity index (χ2v) is 8.20. The van der Waals surface area contributed by atoms with Crippen molar-refractivity contribution in [3.05, 3.63) is 95.1 Å². The second kappa shape index (κ2) is 9.71. The zero-order valence-electron chi connectivity index (χ0n) is 19.0. The summed E-state index contributed by atoms with van der Waals surface area (Å²) in [7, 11) is 5.46. The summed E-state index contributed by atoms with van der Waals surface area (Å²) in [5, 5.41) is 6.36. The number of benzene rings is 3. The van der Waals surface area contributed by atoms with Gasteiger partial charge in [-0.15, -0.1) is 0 Å². The summed E-state index contributed by atoms with van der Waals surface area (Å²) >= 11 is 0. The zero-order chi connectivity index (χ0) is 23.4. The number of fused-ring (bicyclic) bond motifs is 1. The fourth-order valence-electron chi connectivity index (χ4n) is 3.80. The van der Waals surface area contributed by atoms with Gasteiger partial charge in [0.25, 0.3) is 5.91 Å². The third-order valence-corrected chi connectivity index (χ3v) is 5.57. The lowest BCUT2D eigenvalue weighted by Gasteiger charge is -2.15. The molecule has 0 aromatic heterocycles. The van der Waals surface area contributed by atoms with Gasteiger partial charge >= 0.3 is 5.97 Å². The standard InChI is InChI=1S/C27H27N3O3/c1-30(2)16-15-18-9-12-21(13-10-18)28-25(19-7-5-4-6-8-19)24-22-14-11-20(27(32)33-3)17-23(22)29-26(24)31/h4-14,17,28H,15-16H2,1-3H3,(H,29,31). The van der Waals surface area contributed by atoms with Gasteiger partial charge in [-0.1, -0.05) is 48.5 Å². The van der Waals surface area contributed by atoms with E-state index in [1.165, 1.54) is 12.7 Å². The van der Waals surface area contributed by atoms with E-state index >= 15 is 0 Å². The van der Waals surface area contributed by atoms with Gasteiger partial charge in [-0.05, 0) is 55.9 Å². The summed E-state index contributed by atoms with van der Waals surface area (Å²) in [6, 6.07) is 23.1. The van der Waals surface area contributed by atoms with Gasteiger partial charge in [-0.25, -0.2) is 4.79 Å². The normalized spacial score (nSPS) is 14.0. The molecule has 6 nitrogen and oxygen atoms in total. The van der Waals surface area contributed by atoms with Crippen LogP contribution in [0.15, 0.2) is 72.8 Å². The van der Waals surface area contributed by atoms with E-state index in [-0.39, 0.29) is 5.91 Å². The van der Waals surface area contributed by atoms with Gasteiger partial charge in [0, 0.05) is 17.8 Å². The third kappa shape index (κ3) is 4.96. The first-order chi connectivity index (χ1) is 16.0. The van der Waals surface area contributed by atoms with E-state index in [0.29, 0.717) is 22.5 Å². The Bertz CT molecular complexity index is 1200. The number of esters is 1. The van der Waals surface area contributed by atoms with Crippen molar-refractivity contribution < 1.29 is 14.3 Å². The molecule has 0 radical (unpaired) electrons. The maximum Gasteiger partial charge on any atom is 0.337 e. The van der Waals surface area contributed by atoms with Crippen molar-refractivity contribution in [3.8, 4) is 0 Å². The second-order valence-electron chi connectivity index (χ2n) is 8.20. The molecule has 1 heterocycles. The topological polar surface area (TPSA) is 70.7 Å². The van der Waals surface area contributed by atoms with Gasteiger partial charge in [0.1, 0.15) is 0 Å². The van der Waals surface area contributed by atoms with E-state index in [0.717, 1.165) is 29.8 Å². The van der Waals surface area contributed by atoms with Crippen molar-refractivity contribution in [2.45, 2.75) is 6.42 Å². The van der Waals surface area contributed by atoms with E-state index in [9.17, 15) is 9.59 Å². The van der Waals surface area contributed by atoms with Gasteiger partial charge in [0.05, 0.1) is 29.6 Å². The van der Waals surface area contributed by atoms with Crippen LogP contribution in [-0.4, -0.2) is 44.5 Å². The lowest BCUT2D eigenvalue weighted by molar-refractivity contribution is -0.110. The average Bonchev–Trinajstić information content (AvgIpc) is 3.16. The van der Waals surface area contributed by atoms with Crippen LogP contribution in [0.3, 0.4) is 0 Å². The maximum absolute atomic E-state index is 13.1. The molecular formula is C27H27N3O3.